The molecule has 1 aromatic carbocycles. The van der Waals surface area contributed by atoms with Gasteiger partial charge in [0.2, 0.25) is 5.75 Å². The molecule has 2 N–H and O–H groups in total. The highest BCUT2D eigenvalue weighted by Gasteiger charge is 2.17. The number of anilines is 2. The highest BCUT2D eigenvalue weighted by Crippen LogP contribution is 2.38. The predicted octanol–water partition coefficient (Wildman–Crippen LogP) is 3.82. The van der Waals surface area contributed by atoms with Crippen molar-refractivity contribution in [1.82, 2.24) is 4.98 Å². The molecule has 2 rings (SSSR count). The van der Waals surface area contributed by atoms with Gasteiger partial charge in [0.05, 0.1) is 33.2 Å². The maximum Gasteiger partial charge on any atom is 0.257 e. The number of nitrogens with zero attached hydrogens (tertiary/aromatic N) is 1. The Bertz CT molecular complexity index is 735. The number of benzene rings is 1. The molecule has 0 atom stereocenters. The van der Waals surface area contributed by atoms with Crippen LogP contribution >= 0.6 is 0 Å². The molecule has 27 heavy (non-hydrogen) atoms. The van der Waals surface area contributed by atoms with Crippen LogP contribution in [0.25, 0.3) is 0 Å². The molecule has 0 aliphatic heterocycles. The summed E-state index contributed by atoms with van der Waals surface area (Å²) in [5.74, 6) is 2.05. The molecule has 1 aromatic heterocycles. The van der Waals surface area contributed by atoms with Gasteiger partial charge in [-0.2, -0.15) is 0 Å². The number of nitrogens with one attached hydrogen (secondary N) is 2. The fourth-order valence-corrected chi connectivity index (χ4v) is 2.48. The zero-order chi connectivity index (χ0) is 19.8. The van der Waals surface area contributed by atoms with Gasteiger partial charge >= 0.3 is 0 Å². The molecule has 0 fully saturated rings. The van der Waals surface area contributed by atoms with Crippen molar-refractivity contribution in [3.8, 4) is 17.2 Å². The first-order valence-corrected chi connectivity index (χ1v) is 8.79. The lowest BCUT2D eigenvalue weighted by molar-refractivity contribution is 0.102. The molecule has 0 radical (unpaired) electrons. The number of pyridine rings is 1. The molecule has 0 aliphatic rings. The van der Waals surface area contributed by atoms with Crippen LogP contribution in [0.4, 0.5) is 11.5 Å². The molecular weight excluding hydrogens is 346 g/mol. The van der Waals surface area contributed by atoms with Crippen LogP contribution in [0.15, 0.2) is 30.5 Å². The maximum atomic E-state index is 12.6. The summed E-state index contributed by atoms with van der Waals surface area (Å²) in [7, 11) is 4.53. The average Bonchev–Trinajstić information content (AvgIpc) is 2.67. The van der Waals surface area contributed by atoms with Gasteiger partial charge in [-0.3, -0.25) is 4.79 Å². The Balaban J connectivity index is 2.08. The van der Waals surface area contributed by atoms with Crippen molar-refractivity contribution < 1.29 is 19.0 Å². The minimum Gasteiger partial charge on any atom is -0.493 e. The first-order chi connectivity index (χ1) is 13.0. The second-order valence-electron chi connectivity index (χ2n) is 6.41. The van der Waals surface area contributed by atoms with Crippen LogP contribution in [0.5, 0.6) is 17.2 Å². The van der Waals surface area contributed by atoms with Crippen LogP contribution in [0.1, 0.15) is 30.6 Å². The smallest absolute Gasteiger partial charge is 0.257 e. The Morgan fingerprint density at radius 1 is 1.07 bits per heavy atom. The van der Waals surface area contributed by atoms with Crippen molar-refractivity contribution in [2.45, 2.75) is 20.3 Å². The standard InChI is InChI=1S/C20H27N3O4/c1-13(2)8-9-21-15-6-7-18(22-12-15)23-20(24)14-10-16(25-3)19(27-5)17(11-14)26-4/h6-7,10-13,21H,8-9H2,1-5H3,(H,22,23,24). The third-order valence-electron chi connectivity index (χ3n) is 3.98. The van der Waals surface area contributed by atoms with E-state index < -0.39 is 0 Å². The van der Waals surface area contributed by atoms with Gasteiger partial charge in [0.25, 0.3) is 5.91 Å². The number of hydrogen-bond donors (Lipinski definition) is 2. The monoisotopic (exact) mass is 373 g/mol. The summed E-state index contributed by atoms with van der Waals surface area (Å²) >= 11 is 0. The van der Waals surface area contributed by atoms with Gasteiger partial charge in [-0.15, -0.1) is 0 Å². The van der Waals surface area contributed by atoms with E-state index >= 15 is 0 Å². The number of carbonyl (C=O) groups is 1. The zero-order valence-electron chi connectivity index (χ0n) is 16.5. The number of ether oxygens (including phenoxy) is 3. The van der Waals surface area contributed by atoms with E-state index in [0.717, 1.165) is 18.7 Å². The molecule has 0 saturated heterocycles. The van der Waals surface area contributed by atoms with Crippen LogP contribution in [0.2, 0.25) is 0 Å². The normalized spacial score (nSPS) is 10.4. The number of hydrogen-bond acceptors (Lipinski definition) is 6. The number of methoxy groups -OCH3 is 3. The van der Waals surface area contributed by atoms with E-state index in [4.69, 9.17) is 14.2 Å². The lowest BCUT2D eigenvalue weighted by Gasteiger charge is -2.14. The Kier molecular flexibility index (Phi) is 7.28. The van der Waals surface area contributed by atoms with Gasteiger partial charge < -0.3 is 24.8 Å². The van der Waals surface area contributed by atoms with E-state index in [1.807, 2.05) is 6.07 Å². The lowest BCUT2D eigenvalue weighted by Crippen LogP contribution is -2.14. The fraction of sp³-hybridized carbons (Fsp3) is 0.400. The van der Waals surface area contributed by atoms with Crippen LogP contribution in [0.3, 0.4) is 0 Å². The second-order valence-corrected chi connectivity index (χ2v) is 6.41. The van der Waals surface area contributed by atoms with Crippen molar-refractivity contribution >= 4 is 17.4 Å². The fourth-order valence-electron chi connectivity index (χ4n) is 2.48. The van der Waals surface area contributed by atoms with Crippen LogP contribution in [-0.4, -0.2) is 38.8 Å². The van der Waals surface area contributed by atoms with Crippen LogP contribution in [-0.2, 0) is 0 Å². The first-order valence-electron chi connectivity index (χ1n) is 8.79. The maximum absolute atomic E-state index is 12.6. The number of rotatable bonds is 9. The minimum absolute atomic E-state index is 0.317. The van der Waals surface area contributed by atoms with Gasteiger partial charge in [-0.05, 0) is 36.6 Å². The van der Waals surface area contributed by atoms with Crippen molar-refractivity contribution in [3.63, 3.8) is 0 Å². The van der Waals surface area contributed by atoms with E-state index in [1.54, 1.807) is 24.4 Å². The Morgan fingerprint density at radius 3 is 2.22 bits per heavy atom. The summed E-state index contributed by atoms with van der Waals surface area (Å²) in [5.41, 5.74) is 1.30. The zero-order valence-corrected chi connectivity index (χ0v) is 16.5. The third kappa shape index (κ3) is 5.51. The van der Waals surface area contributed by atoms with Gasteiger partial charge in [-0.25, -0.2) is 4.98 Å². The van der Waals surface area contributed by atoms with E-state index in [1.165, 1.54) is 21.3 Å². The van der Waals surface area contributed by atoms with Crippen LogP contribution < -0.4 is 24.8 Å². The quantitative estimate of drug-likeness (QED) is 0.695. The molecule has 1 amide bonds. The summed E-state index contributed by atoms with van der Waals surface area (Å²) in [6.07, 6.45) is 2.78. The predicted molar refractivity (Wildman–Crippen MR) is 106 cm³/mol. The largest absolute Gasteiger partial charge is 0.493 e. The molecule has 0 bridgehead atoms. The van der Waals surface area contributed by atoms with Crippen molar-refractivity contribution in [2.75, 3.05) is 38.5 Å². The molecule has 0 unspecified atom stereocenters. The number of aromatic nitrogens is 1. The highest BCUT2D eigenvalue weighted by molar-refractivity contribution is 6.04. The average molecular weight is 373 g/mol. The molecule has 0 spiro atoms. The van der Waals surface area contributed by atoms with Crippen molar-refractivity contribution in [3.05, 3.63) is 36.0 Å². The van der Waals surface area contributed by atoms with E-state index in [2.05, 4.69) is 29.5 Å². The molecule has 146 valence electrons. The van der Waals surface area contributed by atoms with Crippen molar-refractivity contribution in [1.29, 1.82) is 0 Å². The van der Waals surface area contributed by atoms with Gasteiger partial charge in [0, 0.05) is 12.1 Å². The summed E-state index contributed by atoms with van der Waals surface area (Å²) in [4.78, 5) is 16.8. The Morgan fingerprint density at radius 2 is 1.74 bits per heavy atom. The molecule has 7 nitrogen and oxygen atoms in total. The Hall–Kier alpha value is -2.96. The van der Waals surface area contributed by atoms with Crippen molar-refractivity contribution in [2.24, 2.45) is 5.92 Å². The highest BCUT2D eigenvalue weighted by atomic mass is 16.5. The second kappa shape index (κ2) is 9.66. The van der Waals surface area contributed by atoms with Gasteiger partial charge in [-0.1, -0.05) is 13.8 Å². The first kappa shape index (κ1) is 20.4. The molecular formula is C20H27N3O4. The summed E-state index contributed by atoms with van der Waals surface area (Å²) in [5, 5.41) is 6.08. The summed E-state index contributed by atoms with van der Waals surface area (Å²) in [6.45, 7) is 5.25. The van der Waals surface area contributed by atoms with E-state index in [-0.39, 0.29) is 5.91 Å². The van der Waals surface area contributed by atoms with E-state index in [0.29, 0.717) is 34.5 Å². The molecule has 7 heteroatoms. The number of carbonyl (C=O) groups excluding carboxylic acids is 1. The lowest BCUT2D eigenvalue weighted by atomic mass is 10.1. The Labute approximate surface area is 160 Å². The van der Waals surface area contributed by atoms with E-state index in [9.17, 15) is 4.79 Å². The topological polar surface area (TPSA) is 81.7 Å². The SMILES string of the molecule is COc1cc(C(=O)Nc2ccc(NCCC(C)C)cn2)cc(OC)c1OC. The third-order valence-corrected chi connectivity index (χ3v) is 3.98. The number of amides is 1. The minimum atomic E-state index is -0.317. The van der Waals surface area contributed by atoms with Gasteiger partial charge in [0.1, 0.15) is 5.82 Å². The molecule has 0 aliphatic carbocycles. The molecule has 0 saturated carbocycles. The van der Waals surface area contributed by atoms with Crippen LogP contribution in [0, 0.1) is 5.92 Å². The summed E-state index contributed by atoms with van der Waals surface area (Å²) in [6, 6.07) is 6.84. The van der Waals surface area contributed by atoms with Gasteiger partial charge in [0.15, 0.2) is 11.5 Å². The summed E-state index contributed by atoms with van der Waals surface area (Å²) < 4.78 is 15.8. The molecule has 2 aromatic rings. The molecule has 1 heterocycles.